The Hall–Kier alpha value is -1.59. The Morgan fingerprint density at radius 3 is 2.79 bits per heavy atom. The molecule has 0 saturated carbocycles. The first kappa shape index (κ1) is 18.7. The van der Waals surface area contributed by atoms with Crippen LogP contribution in [-0.2, 0) is 16.1 Å². The summed E-state index contributed by atoms with van der Waals surface area (Å²) in [5.74, 6) is 1.28. The topological polar surface area (TPSA) is 43.3 Å². The van der Waals surface area contributed by atoms with Gasteiger partial charge in [0.15, 0.2) is 0 Å². The number of rotatable bonds is 10. The number of ether oxygens (including phenoxy) is 3. The molecule has 2 atom stereocenters. The second-order valence-electron chi connectivity index (χ2n) is 6.35. The maximum Gasteiger partial charge on any atom is 0.118 e. The summed E-state index contributed by atoms with van der Waals surface area (Å²) >= 11 is 0. The van der Waals surface area contributed by atoms with Crippen molar-refractivity contribution in [1.29, 1.82) is 0 Å². The van der Waals surface area contributed by atoms with Crippen molar-refractivity contribution in [3.8, 4) is 5.75 Å². The van der Waals surface area contributed by atoms with Gasteiger partial charge in [0.2, 0.25) is 0 Å². The predicted molar refractivity (Wildman–Crippen MR) is 96.5 cm³/mol. The average molecular weight is 334 g/mol. The highest BCUT2D eigenvalue weighted by molar-refractivity contribution is 5.59. The summed E-state index contributed by atoms with van der Waals surface area (Å²) in [6, 6.07) is 8.42. The molecule has 5 heteroatoms. The van der Waals surface area contributed by atoms with Crippen LogP contribution < -0.4 is 4.74 Å². The number of hydrazone groups is 1. The zero-order valence-electron chi connectivity index (χ0n) is 15.1. The molecular formula is C19H30N2O3. The molecule has 2 rings (SSSR count). The quantitative estimate of drug-likeness (QED) is 0.486. The third-order valence-electron chi connectivity index (χ3n) is 4.32. The normalized spacial score (nSPS) is 19.1. The predicted octanol–water partition coefficient (Wildman–Crippen LogP) is 3.33. The zero-order valence-corrected chi connectivity index (χ0v) is 15.1. The van der Waals surface area contributed by atoms with Gasteiger partial charge in [0.25, 0.3) is 0 Å². The van der Waals surface area contributed by atoms with Crippen LogP contribution >= 0.6 is 0 Å². The molecule has 5 nitrogen and oxygen atoms in total. The molecule has 24 heavy (non-hydrogen) atoms. The lowest BCUT2D eigenvalue weighted by Gasteiger charge is -2.21. The van der Waals surface area contributed by atoms with Gasteiger partial charge in [-0.2, -0.15) is 5.10 Å². The summed E-state index contributed by atoms with van der Waals surface area (Å²) in [4.78, 5) is 0. The molecule has 1 aromatic rings. The van der Waals surface area contributed by atoms with Gasteiger partial charge in [-0.15, -0.1) is 0 Å². The van der Waals surface area contributed by atoms with Gasteiger partial charge in [0.05, 0.1) is 26.4 Å². The molecule has 0 bridgehead atoms. The van der Waals surface area contributed by atoms with Gasteiger partial charge in [-0.25, -0.2) is 0 Å². The Morgan fingerprint density at radius 2 is 2.08 bits per heavy atom. The SMILES string of the molecule is COC[C@@H]1CCCN1/N=C/[C@H](C)CCOCc1ccc(OC)cc1. The Bertz CT molecular complexity index is 490. The summed E-state index contributed by atoms with van der Waals surface area (Å²) in [5, 5.41) is 6.80. The molecule has 1 fully saturated rings. The van der Waals surface area contributed by atoms with E-state index in [0.29, 0.717) is 18.6 Å². The summed E-state index contributed by atoms with van der Waals surface area (Å²) < 4.78 is 16.2. The van der Waals surface area contributed by atoms with Gasteiger partial charge in [-0.05, 0) is 42.9 Å². The van der Waals surface area contributed by atoms with Crippen LogP contribution in [0.5, 0.6) is 5.75 Å². The number of benzene rings is 1. The molecule has 0 spiro atoms. The second-order valence-corrected chi connectivity index (χ2v) is 6.35. The van der Waals surface area contributed by atoms with Crippen molar-refractivity contribution < 1.29 is 14.2 Å². The number of hydrogen-bond acceptors (Lipinski definition) is 5. The van der Waals surface area contributed by atoms with E-state index in [4.69, 9.17) is 14.2 Å². The minimum absolute atomic E-state index is 0.407. The first-order valence-corrected chi connectivity index (χ1v) is 8.73. The van der Waals surface area contributed by atoms with Crippen LogP contribution in [0.1, 0.15) is 31.7 Å². The van der Waals surface area contributed by atoms with Crippen molar-refractivity contribution in [3.05, 3.63) is 29.8 Å². The van der Waals surface area contributed by atoms with Gasteiger partial charge < -0.3 is 14.2 Å². The Balaban J connectivity index is 1.63. The second kappa shape index (κ2) is 10.3. The lowest BCUT2D eigenvalue weighted by molar-refractivity contribution is 0.112. The largest absolute Gasteiger partial charge is 0.497 e. The zero-order chi connectivity index (χ0) is 17.2. The Kier molecular flexibility index (Phi) is 8.05. The summed E-state index contributed by atoms with van der Waals surface area (Å²) in [6.45, 7) is 5.35. The van der Waals surface area contributed by atoms with E-state index in [0.717, 1.165) is 37.5 Å². The molecule has 0 aromatic heterocycles. The fraction of sp³-hybridized carbons (Fsp3) is 0.632. The maximum absolute atomic E-state index is 5.76. The molecule has 0 aliphatic carbocycles. The highest BCUT2D eigenvalue weighted by Crippen LogP contribution is 2.17. The van der Waals surface area contributed by atoms with Crippen LogP contribution in [0, 0.1) is 5.92 Å². The molecule has 1 saturated heterocycles. The van der Waals surface area contributed by atoms with Crippen LogP contribution in [0.2, 0.25) is 0 Å². The van der Waals surface area contributed by atoms with Crippen LogP contribution in [0.3, 0.4) is 0 Å². The maximum atomic E-state index is 5.76. The molecule has 1 aliphatic rings. The molecule has 1 aliphatic heterocycles. The Morgan fingerprint density at radius 1 is 1.29 bits per heavy atom. The van der Waals surface area contributed by atoms with E-state index in [1.54, 1.807) is 14.2 Å². The lowest BCUT2D eigenvalue weighted by Crippen LogP contribution is -2.28. The molecule has 1 heterocycles. The van der Waals surface area contributed by atoms with Gasteiger partial charge in [-0.3, -0.25) is 5.01 Å². The first-order valence-electron chi connectivity index (χ1n) is 8.73. The first-order chi connectivity index (χ1) is 11.7. The van der Waals surface area contributed by atoms with Crippen molar-refractivity contribution in [3.63, 3.8) is 0 Å². The van der Waals surface area contributed by atoms with Gasteiger partial charge in [0.1, 0.15) is 5.75 Å². The van der Waals surface area contributed by atoms with E-state index in [-0.39, 0.29) is 0 Å². The molecule has 134 valence electrons. The van der Waals surface area contributed by atoms with Crippen molar-refractivity contribution >= 4 is 6.21 Å². The van der Waals surface area contributed by atoms with Crippen molar-refractivity contribution in [2.75, 3.05) is 34.0 Å². The van der Waals surface area contributed by atoms with E-state index in [1.807, 2.05) is 30.5 Å². The molecule has 0 unspecified atom stereocenters. The molecule has 1 aromatic carbocycles. The molecule has 0 radical (unpaired) electrons. The summed E-state index contributed by atoms with van der Waals surface area (Å²) in [5.41, 5.74) is 1.16. The van der Waals surface area contributed by atoms with E-state index < -0.39 is 0 Å². The minimum atomic E-state index is 0.407. The third kappa shape index (κ3) is 6.13. The van der Waals surface area contributed by atoms with E-state index >= 15 is 0 Å². The van der Waals surface area contributed by atoms with Crippen LogP contribution in [0.4, 0.5) is 0 Å². The number of nitrogens with zero attached hydrogens (tertiary/aromatic N) is 2. The van der Waals surface area contributed by atoms with Crippen LogP contribution in [-0.4, -0.2) is 51.2 Å². The van der Waals surface area contributed by atoms with Crippen molar-refractivity contribution in [2.24, 2.45) is 11.0 Å². The van der Waals surface area contributed by atoms with Gasteiger partial charge >= 0.3 is 0 Å². The number of methoxy groups -OCH3 is 2. The molecular weight excluding hydrogens is 304 g/mol. The fourth-order valence-corrected chi connectivity index (χ4v) is 2.79. The summed E-state index contributed by atoms with van der Waals surface area (Å²) in [6.07, 6.45) is 5.39. The third-order valence-corrected chi connectivity index (χ3v) is 4.32. The van der Waals surface area contributed by atoms with Crippen molar-refractivity contribution in [2.45, 2.75) is 38.8 Å². The highest BCUT2D eigenvalue weighted by Gasteiger charge is 2.22. The van der Waals surface area contributed by atoms with E-state index in [2.05, 4.69) is 17.0 Å². The lowest BCUT2D eigenvalue weighted by atomic mass is 10.1. The van der Waals surface area contributed by atoms with Gasteiger partial charge in [-0.1, -0.05) is 19.1 Å². The highest BCUT2D eigenvalue weighted by atomic mass is 16.5. The summed E-state index contributed by atoms with van der Waals surface area (Å²) in [7, 11) is 3.43. The molecule has 0 amide bonds. The fourth-order valence-electron chi connectivity index (χ4n) is 2.79. The van der Waals surface area contributed by atoms with Gasteiger partial charge in [0, 0.05) is 26.5 Å². The Labute approximate surface area is 145 Å². The molecule has 0 N–H and O–H groups in total. The monoisotopic (exact) mass is 334 g/mol. The minimum Gasteiger partial charge on any atom is -0.497 e. The van der Waals surface area contributed by atoms with E-state index in [1.165, 1.54) is 12.8 Å². The van der Waals surface area contributed by atoms with Crippen LogP contribution in [0.15, 0.2) is 29.4 Å². The van der Waals surface area contributed by atoms with Crippen molar-refractivity contribution in [1.82, 2.24) is 5.01 Å². The van der Waals surface area contributed by atoms with Crippen LogP contribution in [0.25, 0.3) is 0 Å². The van der Waals surface area contributed by atoms with E-state index in [9.17, 15) is 0 Å². The smallest absolute Gasteiger partial charge is 0.118 e. The number of hydrogen-bond donors (Lipinski definition) is 0. The standard InChI is InChI=1S/C19H30N2O3/c1-16(13-20-21-11-4-5-18(21)15-22-2)10-12-24-14-17-6-8-19(23-3)9-7-17/h6-9,13,16,18H,4-5,10-12,14-15H2,1-3H3/b20-13+/t16-,18+/m1/s1. The average Bonchev–Trinajstić information content (AvgIpc) is 3.05.